The second-order valence-electron chi connectivity index (χ2n) is 3.07. The van der Waals surface area contributed by atoms with Gasteiger partial charge in [0.2, 0.25) is 0 Å². The molecule has 16 heavy (non-hydrogen) atoms. The lowest BCUT2D eigenvalue weighted by atomic mass is 10.1. The maximum atomic E-state index is 13.5. The lowest BCUT2D eigenvalue weighted by Gasteiger charge is -2.03. The molecular formula is C10H8BrFN4. The molecule has 0 atom stereocenters. The maximum Gasteiger partial charge on any atom is 0.162 e. The summed E-state index contributed by atoms with van der Waals surface area (Å²) >= 11 is 3.27. The van der Waals surface area contributed by atoms with Gasteiger partial charge in [0.25, 0.3) is 0 Å². The molecule has 0 aliphatic carbocycles. The van der Waals surface area contributed by atoms with Crippen LogP contribution in [0.4, 0.5) is 10.2 Å². The van der Waals surface area contributed by atoms with Gasteiger partial charge in [-0.1, -0.05) is 15.9 Å². The highest BCUT2D eigenvalue weighted by Crippen LogP contribution is 2.24. The van der Waals surface area contributed by atoms with Crippen LogP contribution in [-0.2, 0) is 0 Å². The Hall–Kier alpha value is -1.53. The summed E-state index contributed by atoms with van der Waals surface area (Å²) < 4.78 is 14.3. The molecule has 0 aliphatic heterocycles. The predicted octanol–water partition coefficient (Wildman–Crippen LogP) is 2.33. The van der Waals surface area contributed by atoms with E-state index in [1.807, 2.05) is 0 Å². The number of halogens is 2. The zero-order chi connectivity index (χ0) is 11.5. The quantitative estimate of drug-likeness (QED) is 0.656. The summed E-state index contributed by atoms with van der Waals surface area (Å²) in [6, 6.07) is 7.92. The van der Waals surface area contributed by atoms with Gasteiger partial charge in [-0.2, -0.15) is 0 Å². The minimum Gasteiger partial charge on any atom is -0.307 e. The number of nitrogens with two attached hydrogens (primary N) is 1. The van der Waals surface area contributed by atoms with E-state index in [-0.39, 0.29) is 5.82 Å². The predicted molar refractivity (Wildman–Crippen MR) is 62.9 cm³/mol. The van der Waals surface area contributed by atoms with E-state index in [1.54, 1.807) is 24.3 Å². The molecule has 0 unspecified atom stereocenters. The third-order valence-corrected chi connectivity index (χ3v) is 2.51. The molecule has 0 spiro atoms. The van der Waals surface area contributed by atoms with Crippen LogP contribution in [0.1, 0.15) is 0 Å². The Bertz CT molecular complexity index is 501. The summed E-state index contributed by atoms with van der Waals surface area (Å²) in [5.74, 6) is 5.25. The Kier molecular flexibility index (Phi) is 3.12. The van der Waals surface area contributed by atoms with Crippen molar-refractivity contribution >= 4 is 21.7 Å². The first kappa shape index (κ1) is 11.0. The van der Waals surface area contributed by atoms with E-state index < -0.39 is 0 Å². The van der Waals surface area contributed by atoms with Crippen molar-refractivity contribution in [1.82, 2.24) is 10.2 Å². The van der Waals surface area contributed by atoms with Gasteiger partial charge in [-0.05, 0) is 30.3 Å². The molecule has 82 valence electrons. The smallest absolute Gasteiger partial charge is 0.162 e. The second-order valence-corrected chi connectivity index (χ2v) is 3.99. The van der Waals surface area contributed by atoms with Crippen LogP contribution in [0.15, 0.2) is 34.8 Å². The highest BCUT2D eigenvalue weighted by molar-refractivity contribution is 9.10. The van der Waals surface area contributed by atoms with Crippen molar-refractivity contribution in [3.63, 3.8) is 0 Å². The SMILES string of the molecule is NNc1ccc(-c2cc(Br)ccc2F)nn1. The largest absolute Gasteiger partial charge is 0.307 e. The highest BCUT2D eigenvalue weighted by Gasteiger charge is 2.07. The van der Waals surface area contributed by atoms with Crippen LogP contribution < -0.4 is 11.3 Å². The van der Waals surface area contributed by atoms with Gasteiger partial charge in [-0.25, -0.2) is 10.2 Å². The van der Waals surface area contributed by atoms with Gasteiger partial charge in [0.1, 0.15) is 5.82 Å². The number of hydrogen-bond donors (Lipinski definition) is 2. The number of nitrogen functional groups attached to an aromatic ring is 1. The fraction of sp³-hybridized carbons (Fsp3) is 0. The van der Waals surface area contributed by atoms with E-state index in [2.05, 4.69) is 31.6 Å². The lowest BCUT2D eigenvalue weighted by Crippen LogP contribution is -2.09. The van der Waals surface area contributed by atoms with Crippen molar-refractivity contribution in [2.24, 2.45) is 5.84 Å². The van der Waals surface area contributed by atoms with Crippen LogP contribution in [0, 0.1) is 5.82 Å². The molecule has 1 aromatic heterocycles. The zero-order valence-corrected chi connectivity index (χ0v) is 9.70. The van der Waals surface area contributed by atoms with Crippen molar-refractivity contribution in [3.8, 4) is 11.3 Å². The average molecular weight is 283 g/mol. The zero-order valence-electron chi connectivity index (χ0n) is 8.11. The number of aromatic nitrogens is 2. The van der Waals surface area contributed by atoms with Crippen LogP contribution in [0.3, 0.4) is 0 Å². The summed E-state index contributed by atoms with van der Waals surface area (Å²) in [5, 5.41) is 7.64. The topological polar surface area (TPSA) is 63.8 Å². The summed E-state index contributed by atoms with van der Waals surface area (Å²) in [5.41, 5.74) is 3.21. The van der Waals surface area contributed by atoms with E-state index in [1.165, 1.54) is 6.07 Å². The number of hydrogen-bond acceptors (Lipinski definition) is 4. The number of benzene rings is 1. The Morgan fingerprint density at radius 2 is 2.00 bits per heavy atom. The van der Waals surface area contributed by atoms with Crippen LogP contribution >= 0.6 is 15.9 Å². The molecule has 0 saturated carbocycles. The van der Waals surface area contributed by atoms with Crippen molar-refractivity contribution in [1.29, 1.82) is 0 Å². The number of rotatable bonds is 2. The monoisotopic (exact) mass is 282 g/mol. The molecule has 0 fully saturated rings. The molecule has 1 heterocycles. The third kappa shape index (κ3) is 2.17. The van der Waals surface area contributed by atoms with E-state index in [4.69, 9.17) is 5.84 Å². The standard InChI is InChI=1S/C10H8BrFN4/c11-6-1-2-8(12)7(5-6)9-3-4-10(14-13)16-15-9/h1-5H,13H2,(H,14,16). The van der Waals surface area contributed by atoms with Gasteiger partial charge in [-0.3, -0.25) is 0 Å². The van der Waals surface area contributed by atoms with Gasteiger partial charge in [0, 0.05) is 10.0 Å². The third-order valence-electron chi connectivity index (χ3n) is 2.02. The molecule has 2 aromatic rings. The van der Waals surface area contributed by atoms with Crippen molar-refractivity contribution < 1.29 is 4.39 Å². The number of nitrogens with one attached hydrogen (secondary N) is 1. The first-order valence-corrected chi connectivity index (χ1v) is 5.26. The van der Waals surface area contributed by atoms with Gasteiger partial charge >= 0.3 is 0 Å². The molecule has 0 saturated heterocycles. The van der Waals surface area contributed by atoms with E-state index in [9.17, 15) is 4.39 Å². The molecule has 0 radical (unpaired) electrons. The summed E-state index contributed by atoms with van der Waals surface area (Å²) in [7, 11) is 0. The van der Waals surface area contributed by atoms with Crippen molar-refractivity contribution in [2.45, 2.75) is 0 Å². The number of anilines is 1. The van der Waals surface area contributed by atoms with E-state index >= 15 is 0 Å². The number of nitrogens with zero attached hydrogens (tertiary/aromatic N) is 2. The molecule has 0 amide bonds. The summed E-state index contributed by atoms with van der Waals surface area (Å²) in [4.78, 5) is 0. The molecule has 2 rings (SSSR count). The summed E-state index contributed by atoms with van der Waals surface area (Å²) in [6.45, 7) is 0. The molecule has 3 N–H and O–H groups in total. The molecule has 1 aromatic carbocycles. The van der Waals surface area contributed by atoms with Gasteiger partial charge in [-0.15, -0.1) is 10.2 Å². The Morgan fingerprint density at radius 3 is 2.62 bits per heavy atom. The molecule has 0 bridgehead atoms. The minimum absolute atomic E-state index is 0.342. The van der Waals surface area contributed by atoms with Crippen LogP contribution in [-0.4, -0.2) is 10.2 Å². The molecule has 0 aliphatic rings. The Morgan fingerprint density at radius 1 is 1.19 bits per heavy atom. The molecular weight excluding hydrogens is 275 g/mol. The fourth-order valence-corrected chi connectivity index (χ4v) is 1.61. The first-order chi connectivity index (χ1) is 7.70. The first-order valence-electron chi connectivity index (χ1n) is 4.46. The van der Waals surface area contributed by atoms with Crippen LogP contribution in [0.2, 0.25) is 0 Å². The molecule has 4 nitrogen and oxygen atoms in total. The lowest BCUT2D eigenvalue weighted by molar-refractivity contribution is 0.630. The average Bonchev–Trinajstić information content (AvgIpc) is 2.32. The van der Waals surface area contributed by atoms with E-state index in [0.29, 0.717) is 17.1 Å². The normalized spacial score (nSPS) is 10.2. The Balaban J connectivity index is 2.45. The number of hydrazine groups is 1. The van der Waals surface area contributed by atoms with Crippen LogP contribution in [0.5, 0.6) is 0 Å². The highest BCUT2D eigenvalue weighted by atomic mass is 79.9. The van der Waals surface area contributed by atoms with Crippen molar-refractivity contribution in [3.05, 3.63) is 40.6 Å². The van der Waals surface area contributed by atoms with Gasteiger partial charge < -0.3 is 5.43 Å². The fourth-order valence-electron chi connectivity index (χ4n) is 1.25. The maximum absolute atomic E-state index is 13.5. The second kappa shape index (κ2) is 4.54. The Labute approximate surface area is 99.8 Å². The van der Waals surface area contributed by atoms with Crippen LogP contribution in [0.25, 0.3) is 11.3 Å². The van der Waals surface area contributed by atoms with Crippen molar-refractivity contribution in [2.75, 3.05) is 5.43 Å². The van der Waals surface area contributed by atoms with Gasteiger partial charge in [0.15, 0.2) is 5.82 Å². The molecule has 6 heteroatoms. The van der Waals surface area contributed by atoms with E-state index in [0.717, 1.165) is 4.47 Å². The van der Waals surface area contributed by atoms with Gasteiger partial charge in [0.05, 0.1) is 5.69 Å². The summed E-state index contributed by atoms with van der Waals surface area (Å²) in [6.07, 6.45) is 0. The minimum atomic E-state index is -0.342.